The van der Waals surface area contributed by atoms with Crippen molar-refractivity contribution >= 4 is 5.97 Å². The fourth-order valence-electron chi connectivity index (χ4n) is 1.94. The lowest BCUT2D eigenvalue weighted by molar-refractivity contribution is -0.144. The van der Waals surface area contributed by atoms with Gasteiger partial charge in [-0.25, -0.2) is 0 Å². The molecule has 1 N–H and O–H groups in total. The Balaban J connectivity index is 2.60. The van der Waals surface area contributed by atoms with Gasteiger partial charge in [-0.2, -0.15) is 0 Å². The molecule has 0 saturated heterocycles. The van der Waals surface area contributed by atoms with E-state index in [4.69, 9.17) is 5.11 Å². The molecule has 0 radical (unpaired) electrons. The number of hydrogen-bond acceptors (Lipinski definition) is 1. The number of carboxylic acids is 1. The number of carboxylic acid groups (broad SMARTS) is 1. The van der Waals surface area contributed by atoms with E-state index < -0.39 is 5.97 Å². The molecular weight excluding hydrogens is 152 g/mol. The summed E-state index contributed by atoms with van der Waals surface area (Å²) in [7, 11) is 0. The molecule has 68 valence electrons. The van der Waals surface area contributed by atoms with Crippen molar-refractivity contribution in [1.29, 1.82) is 0 Å². The molecule has 0 bridgehead atoms. The van der Waals surface area contributed by atoms with Gasteiger partial charge in [0.05, 0.1) is 5.92 Å². The normalized spacial score (nSPS) is 30.8. The molecule has 0 heterocycles. The number of allylic oxidation sites excluding steroid dienone is 2. The zero-order valence-corrected chi connectivity index (χ0v) is 7.49. The van der Waals surface area contributed by atoms with Crippen LogP contribution >= 0.6 is 0 Å². The van der Waals surface area contributed by atoms with Crippen molar-refractivity contribution in [2.45, 2.75) is 32.6 Å². The van der Waals surface area contributed by atoms with Gasteiger partial charge in [-0.1, -0.05) is 25.0 Å². The van der Waals surface area contributed by atoms with Gasteiger partial charge in [-0.3, -0.25) is 4.79 Å². The van der Waals surface area contributed by atoms with Crippen LogP contribution < -0.4 is 0 Å². The van der Waals surface area contributed by atoms with Crippen LogP contribution in [0.15, 0.2) is 12.2 Å². The number of rotatable bonds is 2. The molecule has 0 aromatic heterocycles. The largest absolute Gasteiger partial charge is 0.481 e. The summed E-state index contributed by atoms with van der Waals surface area (Å²) in [6.45, 7) is 1.95. The maximum absolute atomic E-state index is 10.8. The fourth-order valence-corrected chi connectivity index (χ4v) is 1.94. The molecule has 1 rings (SSSR count). The first-order chi connectivity index (χ1) is 5.75. The van der Waals surface area contributed by atoms with E-state index >= 15 is 0 Å². The van der Waals surface area contributed by atoms with Crippen molar-refractivity contribution in [2.75, 3.05) is 0 Å². The second-order valence-electron chi connectivity index (χ2n) is 3.42. The summed E-state index contributed by atoms with van der Waals surface area (Å²) < 4.78 is 0. The smallest absolute Gasteiger partial charge is 0.307 e. The summed E-state index contributed by atoms with van der Waals surface area (Å²) in [4.78, 5) is 10.8. The fraction of sp³-hybridized carbons (Fsp3) is 0.700. The van der Waals surface area contributed by atoms with Crippen molar-refractivity contribution in [3.05, 3.63) is 12.2 Å². The minimum absolute atomic E-state index is 0.130. The Labute approximate surface area is 73.3 Å². The van der Waals surface area contributed by atoms with Gasteiger partial charge < -0.3 is 5.11 Å². The summed E-state index contributed by atoms with van der Waals surface area (Å²) in [5.41, 5.74) is 0. The molecule has 0 aromatic rings. The minimum atomic E-state index is -0.627. The van der Waals surface area contributed by atoms with Crippen LogP contribution in [-0.4, -0.2) is 11.1 Å². The summed E-state index contributed by atoms with van der Waals surface area (Å²) in [5.74, 6) is -0.478. The molecule has 1 saturated carbocycles. The topological polar surface area (TPSA) is 37.3 Å². The van der Waals surface area contributed by atoms with Gasteiger partial charge in [-0.05, 0) is 25.7 Å². The summed E-state index contributed by atoms with van der Waals surface area (Å²) in [6, 6.07) is 0. The van der Waals surface area contributed by atoms with Crippen molar-refractivity contribution in [2.24, 2.45) is 11.8 Å². The van der Waals surface area contributed by atoms with Crippen LogP contribution in [0.5, 0.6) is 0 Å². The molecule has 12 heavy (non-hydrogen) atoms. The molecule has 1 aliphatic rings. The van der Waals surface area contributed by atoms with Crippen LogP contribution in [-0.2, 0) is 4.79 Å². The number of hydrogen-bond donors (Lipinski definition) is 1. The molecule has 1 aliphatic carbocycles. The lowest BCUT2D eigenvalue weighted by atomic mass is 9.79. The van der Waals surface area contributed by atoms with Crippen molar-refractivity contribution in [1.82, 2.24) is 0 Å². The zero-order valence-electron chi connectivity index (χ0n) is 7.49. The molecule has 0 spiro atoms. The predicted molar refractivity (Wildman–Crippen MR) is 47.9 cm³/mol. The molecule has 0 aliphatic heterocycles. The van der Waals surface area contributed by atoms with E-state index in [9.17, 15) is 4.79 Å². The molecule has 2 heteroatoms. The van der Waals surface area contributed by atoms with E-state index in [-0.39, 0.29) is 11.8 Å². The van der Waals surface area contributed by atoms with Gasteiger partial charge in [0.25, 0.3) is 0 Å². The Kier molecular flexibility index (Phi) is 3.32. The van der Waals surface area contributed by atoms with E-state index in [0.717, 1.165) is 19.3 Å². The monoisotopic (exact) mass is 168 g/mol. The lowest BCUT2D eigenvalue weighted by Gasteiger charge is -2.25. The molecule has 2 unspecified atom stereocenters. The van der Waals surface area contributed by atoms with E-state index in [1.807, 2.05) is 19.1 Å². The van der Waals surface area contributed by atoms with Gasteiger partial charge in [0.15, 0.2) is 0 Å². The third-order valence-corrected chi connectivity index (χ3v) is 2.58. The van der Waals surface area contributed by atoms with Crippen molar-refractivity contribution in [3.8, 4) is 0 Å². The Bertz CT molecular complexity index is 184. The van der Waals surface area contributed by atoms with Crippen molar-refractivity contribution in [3.63, 3.8) is 0 Å². The Hall–Kier alpha value is -0.790. The first-order valence-electron chi connectivity index (χ1n) is 4.61. The second-order valence-corrected chi connectivity index (χ2v) is 3.42. The third-order valence-electron chi connectivity index (χ3n) is 2.58. The standard InChI is InChI=1S/C10H16O2/c1-2-5-8-6-3-4-7-9(8)10(11)12/h2,5,8-9H,3-4,6-7H2,1H3,(H,11,12). The Morgan fingerprint density at radius 1 is 1.42 bits per heavy atom. The highest BCUT2D eigenvalue weighted by atomic mass is 16.4. The first-order valence-corrected chi connectivity index (χ1v) is 4.61. The van der Waals surface area contributed by atoms with E-state index in [1.165, 1.54) is 6.42 Å². The van der Waals surface area contributed by atoms with Gasteiger partial charge in [0.1, 0.15) is 0 Å². The molecule has 1 fully saturated rings. The third kappa shape index (κ3) is 2.10. The number of carbonyl (C=O) groups is 1. The quantitative estimate of drug-likeness (QED) is 0.643. The average molecular weight is 168 g/mol. The highest BCUT2D eigenvalue weighted by Gasteiger charge is 2.28. The number of aliphatic carboxylic acids is 1. The van der Waals surface area contributed by atoms with Crippen LogP contribution in [0.4, 0.5) is 0 Å². The molecule has 2 atom stereocenters. The minimum Gasteiger partial charge on any atom is -0.481 e. The average Bonchev–Trinajstić information content (AvgIpc) is 2.05. The summed E-state index contributed by atoms with van der Waals surface area (Å²) in [6.07, 6.45) is 8.15. The summed E-state index contributed by atoms with van der Waals surface area (Å²) in [5, 5.41) is 8.90. The molecule has 0 amide bonds. The van der Waals surface area contributed by atoms with Gasteiger partial charge in [0.2, 0.25) is 0 Å². The van der Waals surface area contributed by atoms with Crippen LogP contribution in [0, 0.1) is 11.8 Å². The van der Waals surface area contributed by atoms with Gasteiger partial charge >= 0.3 is 5.97 Å². The van der Waals surface area contributed by atoms with Gasteiger partial charge in [0, 0.05) is 0 Å². The lowest BCUT2D eigenvalue weighted by Crippen LogP contribution is -2.25. The van der Waals surface area contributed by atoms with Crippen LogP contribution in [0.25, 0.3) is 0 Å². The van der Waals surface area contributed by atoms with E-state index in [2.05, 4.69) is 0 Å². The zero-order chi connectivity index (χ0) is 8.97. The summed E-state index contributed by atoms with van der Waals surface area (Å²) >= 11 is 0. The predicted octanol–water partition coefficient (Wildman–Crippen LogP) is 2.45. The highest BCUT2D eigenvalue weighted by molar-refractivity contribution is 5.70. The SMILES string of the molecule is CC=CC1CCCCC1C(=O)O. The van der Waals surface area contributed by atoms with E-state index in [0.29, 0.717) is 0 Å². The Morgan fingerprint density at radius 3 is 2.67 bits per heavy atom. The molecule has 2 nitrogen and oxygen atoms in total. The first kappa shape index (κ1) is 9.30. The van der Waals surface area contributed by atoms with Crippen LogP contribution in [0.1, 0.15) is 32.6 Å². The maximum Gasteiger partial charge on any atom is 0.307 e. The maximum atomic E-state index is 10.8. The molecular formula is C10H16O2. The van der Waals surface area contributed by atoms with Crippen LogP contribution in [0.2, 0.25) is 0 Å². The van der Waals surface area contributed by atoms with Gasteiger partial charge in [-0.15, -0.1) is 0 Å². The van der Waals surface area contributed by atoms with Crippen molar-refractivity contribution < 1.29 is 9.90 Å². The highest BCUT2D eigenvalue weighted by Crippen LogP contribution is 2.30. The van der Waals surface area contributed by atoms with E-state index in [1.54, 1.807) is 0 Å². The molecule has 0 aromatic carbocycles. The second kappa shape index (κ2) is 4.29. The van der Waals surface area contributed by atoms with Crippen LogP contribution in [0.3, 0.4) is 0 Å². The Morgan fingerprint density at radius 2 is 2.08 bits per heavy atom.